The summed E-state index contributed by atoms with van der Waals surface area (Å²) in [5.41, 5.74) is 3.00. The van der Waals surface area contributed by atoms with Crippen LogP contribution in [-0.4, -0.2) is 71.8 Å². The van der Waals surface area contributed by atoms with E-state index in [1.807, 2.05) is 51.5 Å². The van der Waals surface area contributed by atoms with Gasteiger partial charge < -0.3 is 4.90 Å². The van der Waals surface area contributed by atoms with Gasteiger partial charge in [0.05, 0.1) is 24.0 Å². The fourth-order valence-electron chi connectivity index (χ4n) is 3.65. The normalized spacial score (nSPS) is 14.8. The van der Waals surface area contributed by atoms with Crippen molar-refractivity contribution in [2.75, 3.05) is 26.2 Å². The van der Waals surface area contributed by atoms with Gasteiger partial charge in [-0.15, -0.1) is 11.3 Å². The highest BCUT2D eigenvalue weighted by molar-refractivity contribution is 7.13. The van der Waals surface area contributed by atoms with E-state index in [2.05, 4.69) is 36.4 Å². The predicted molar refractivity (Wildman–Crippen MR) is 117 cm³/mol. The minimum Gasteiger partial charge on any atom is -0.340 e. The third-order valence-corrected chi connectivity index (χ3v) is 6.19. The van der Waals surface area contributed by atoms with Crippen LogP contribution >= 0.6 is 11.3 Å². The summed E-state index contributed by atoms with van der Waals surface area (Å²) < 4.78 is 1.90. The van der Waals surface area contributed by atoms with E-state index in [0.29, 0.717) is 12.2 Å². The number of aromatic amines is 1. The smallest absolute Gasteiger partial charge is 0.228 e. The Bertz CT molecular complexity index is 1130. The highest BCUT2D eigenvalue weighted by Gasteiger charge is 2.22. The number of rotatable bonds is 6. The molecule has 4 aromatic rings. The number of aromatic nitrogens is 6. The van der Waals surface area contributed by atoms with Gasteiger partial charge in [-0.1, -0.05) is 18.2 Å². The summed E-state index contributed by atoms with van der Waals surface area (Å²) in [6.07, 6.45) is 5.75. The second-order valence-electron chi connectivity index (χ2n) is 7.44. The molecule has 3 aromatic heterocycles. The van der Waals surface area contributed by atoms with Crippen LogP contribution in [0.5, 0.6) is 0 Å². The molecule has 0 atom stereocenters. The minimum absolute atomic E-state index is 0.117. The number of nitrogens with one attached hydrogen (secondary N) is 1. The maximum atomic E-state index is 12.7. The molecule has 158 valence electrons. The second-order valence-corrected chi connectivity index (χ2v) is 8.30. The predicted octanol–water partition coefficient (Wildman–Crippen LogP) is 2.00. The first-order valence-corrected chi connectivity index (χ1v) is 11.0. The van der Waals surface area contributed by atoms with Crippen LogP contribution < -0.4 is 0 Å². The van der Waals surface area contributed by atoms with Crippen molar-refractivity contribution in [3.8, 4) is 16.5 Å². The zero-order valence-corrected chi connectivity index (χ0v) is 17.7. The van der Waals surface area contributed by atoms with E-state index in [-0.39, 0.29) is 5.91 Å². The number of amides is 1. The van der Waals surface area contributed by atoms with Gasteiger partial charge in [-0.05, 0) is 12.1 Å². The fraction of sp³-hybridized carbons (Fsp3) is 0.286. The maximum absolute atomic E-state index is 12.7. The number of piperazine rings is 1. The molecule has 0 radical (unpaired) electrons. The van der Waals surface area contributed by atoms with Crippen LogP contribution in [0.25, 0.3) is 16.5 Å². The summed E-state index contributed by atoms with van der Waals surface area (Å²) >= 11 is 1.47. The van der Waals surface area contributed by atoms with E-state index < -0.39 is 0 Å². The van der Waals surface area contributed by atoms with Crippen molar-refractivity contribution in [2.45, 2.75) is 13.0 Å². The van der Waals surface area contributed by atoms with Gasteiger partial charge in [0.1, 0.15) is 6.33 Å². The molecule has 0 aliphatic carbocycles. The minimum atomic E-state index is 0.117. The van der Waals surface area contributed by atoms with E-state index in [1.54, 1.807) is 0 Å². The van der Waals surface area contributed by atoms with Crippen molar-refractivity contribution in [3.05, 3.63) is 65.7 Å². The molecule has 1 fully saturated rings. The summed E-state index contributed by atoms with van der Waals surface area (Å²) in [4.78, 5) is 25.6. The standard InChI is InChI=1S/C21H22N8OS/c30-19(10-17-14-31-21(25-17)20-22-15-23-26-20)28-8-6-27(7-9-28)12-16-11-24-29(13-16)18-4-2-1-3-5-18/h1-5,11,13-15H,6-10,12H2,(H,22,23,26). The number of para-hydroxylation sites is 1. The Kier molecular flexibility index (Phi) is 5.55. The zero-order chi connectivity index (χ0) is 21.0. The number of nitrogens with zero attached hydrogens (tertiary/aromatic N) is 7. The molecule has 0 spiro atoms. The van der Waals surface area contributed by atoms with Gasteiger partial charge in [0.2, 0.25) is 5.91 Å². The van der Waals surface area contributed by atoms with Gasteiger partial charge in [0.15, 0.2) is 10.8 Å². The van der Waals surface area contributed by atoms with Gasteiger partial charge >= 0.3 is 0 Å². The topological polar surface area (TPSA) is 95.8 Å². The highest BCUT2D eigenvalue weighted by Crippen LogP contribution is 2.20. The number of thiazole rings is 1. The van der Waals surface area contributed by atoms with E-state index in [9.17, 15) is 4.79 Å². The molecule has 1 amide bonds. The lowest BCUT2D eigenvalue weighted by Gasteiger charge is -2.34. The van der Waals surface area contributed by atoms with E-state index in [0.717, 1.165) is 49.1 Å². The van der Waals surface area contributed by atoms with Crippen LogP contribution in [0.4, 0.5) is 0 Å². The van der Waals surface area contributed by atoms with Gasteiger partial charge in [-0.25, -0.2) is 14.6 Å². The van der Waals surface area contributed by atoms with Crippen molar-refractivity contribution in [1.29, 1.82) is 0 Å². The molecule has 9 nitrogen and oxygen atoms in total. The quantitative estimate of drug-likeness (QED) is 0.499. The molecule has 0 bridgehead atoms. The summed E-state index contributed by atoms with van der Waals surface area (Å²) in [5, 5.41) is 13.8. The first-order chi connectivity index (χ1) is 15.2. The summed E-state index contributed by atoms with van der Waals surface area (Å²) in [6.45, 7) is 3.99. The number of carbonyl (C=O) groups is 1. The Labute approximate surface area is 183 Å². The molecule has 4 heterocycles. The van der Waals surface area contributed by atoms with Crippen LogP contribution in [0.15, 0.2) is 54.4 Å². The Morgan fingerprint density at radius 3 is 2.74 bits per heavy atom. The lowest BCUT2D eigenvalue weighted by Crippen LogP contribution is -2.48. The third kappa shape index (κ3) is 4.54. The summed E-state index contributed by atoms with van der Waals surface area (Å²) in [7, 11) is 0. The van der Waals surface area contributed by atoms with Crippen LogP contribution in [-0.2, 0) is 17.8 Å². The molecule has 1 saturated heterocycles. The molecule has 1 aliphatic heterocycles. The number of benzene rings is 1. The van der Waals surface area contributed by atoms with Crippen molar-refractivity contribution in [3.63, 3.8) is 0 Å². The maximum Gasteiger partial charge on any atom is 0.228 e. The van der Waals surface area contributed by atoms with Crippen molar-refractivity contribution in [2.24, 2.45) is 0 Å². The van der Waals surface area contributed by atoms with Crippen LogP contribution in [0.2, 0.25) is 0 Å². The Morgan fingerprint density at radius 2 is 1.97 bits per heavy atom. The molecule has 1 N–H and O–H groups in total. The van der Waals surface area contributed by atoms with E-state index >= 15 is 0 Å². The van der Waals surface area contributed by atoms with Crippen LogP contribution in [0.3, 0.4) is 0 Å². The molecule has 31 heavy (non-hydrogen) atoms. The van der Waals surface area contributed by atoms with Gasteiger partial charge in [-0.3, -0.25) is 14.8 Å². The van der Waals surface area contributed by atoms with Crippen molar-refractivity contribution in [1.82, 2.24) is 39.7 Å². The van der Waals surface area contributed by atoms with Crippen molar-refractivity contribution < 1.29 is 4.79 Å². The molecule has 0 saturated carbocycles. The van der Waals surface area contributed by atoms with Gasteiger partial charge in [-0.2, -0.15) is 10.2 Å². The lowest BCUT2D eigenvalue weighted by molar-refractivity contribution is -0.132. The number of hydrogen-bond acceptors (Lipinski definition) is 7. The van der Waals surface area contributed by atoms with E-state index in [4.69, 9.17) is 0 Å². The average molecular weight is 435 g/mol. The fourth-order valence-corrected chi connectivity index (χ4v) is 4.41. The van der Waals surface area contributed by atoms with Gasteiger partial charge in [0, 0.05) is 49.9 Å². The van der Waals surface area contributed by atoms with Crippen LogP contribution in [0.1, 0.15) is 11.3 Å². The van der Waals surface area contributed by atoms with Crippen molar-refractivity contribution >= 4 is 17.2 Å². The highest BCUT2D eigenvalue weighted by atomic mass is 32.1. The Hall–Kier alpha value is -3.37. The number of hydrogen-bond donors (Lipinski definition) is 1. The second kappa shape index (κ2) is 8.78. The molecular formula is C21H22N8OS. The molecule has 1 aliphatic rings. The van der Waals surface area contributed by atoms with E-state index in [1.165, 1.54) is 23.2 Å². The zero-order valence-electron chi connectivity index (χ0n) is 16.9. The lowest BCUT2D eigenvalue weighted by atomic mass is 10.2. The Balaban J connectivity index is 1.12. The monoisotopic (exact) mass is 434 g/mol. The van der Waals surface area contributed by atoms with Gasteiger partial charge in [0.25, 0.3) is 0 Å². The van der Waals surface area contributed by atoms with Crippen LogP contribution in [0, 0.1) is 0 Å². The first kappa shape index (κ1) is 19.6. The third-order valence-electron chi connectivity index (χ3n) is 5.29. The molecular weight excluding hydrogens is 412 g/mol. The molecule has 0 unspecified atom stereocenters. The first-order valence-electron chi connectivity index (χ1n) is 10.1. The molecule has 1 aromatic carbocycles. The summed E-state index contributed by atoms with van der Waals surface area (Å²) in [6, 6.07) is 10.1. The summed E-state index contributed by atoms with van der Waals surface area (Å²) in [5.74, 6) is 0.749. The Morgan fingerprint density at radius 1 is 1.13 bits per heavy atom. The molecule has 10 heteroatoms. The average Bonchev–Trinajstić information content (AvgIpc) is 3.57. The number of H-pyrrole nitrogens is 1. The SMILES string of the molecule is O=C(Cc1csc(-c2ncn[nH]2)n1)N1CCN(Cc2cnn(-c3ccccc3)c2)CC1. The number of carbonyl (C=O) groups excluding carboxylic acids is 1. The molecule has 5 rings (SSSR count). The largest absolute Gasteiger partial charge is 0.340 e.